The van der Waals surface area contributed by atoms with E-state index in [1.165, 1.54) is 31.2 Å². The van der Waals surface area contributed by atoms with Crippen LogP contribution in [0, 0.1) is 34.0 Å². The van der Waals surface area contributed by atoms with E-state index in [1.807, 2.05) is 0 Å². The van der Waals surface area contributed by atoms with E-state index in [1.54, 1.807) is 48.5 Å². The van der Waals surface area contributed by atoms with Crippen LogP contribution in [0.4, 0.5) is 5.69 Å². The number of carbonyl (C=O) groups excluding carboxylic acids is 2. The van der Waals surface area contributed by atoms with Crippen LogP contribution in [-0.2, 0) is 4.74 Å². The molecule has 0 amide bonds. The topological polar surface area (TPSA) is 127 Å². The lowest BCUT2D eigenvalue weighted by molar-refractivity contribution is 0.0319. The van der Waals surface area contributed by atoms with Crippen LogP contribution in [0.2, 0.25) is 0 Å². The van der Waals surface area contributed by atoms with Crippen molar-refractivity contribution in [1.82, 2.24) is 0 Å². The number of allylic oxidation sites excluding steroid dienone is 2. The van der Waals surface area contributed by atoms with Gasteiger partial charge in [0.25, 0.3) is 0 Å². The zero-order chi connectivity index (χ0) is 20.5. The van der Waals surface area contributed by atoms with Crippen molar-refractivity contribution >= 4 is 17.4 Å². The van der Waals surface area contributed by atoms with Crippen LogP contribution >= 0.6 is 0 Å². The molecule has 7 heteroatoms. The Morgan fingerprint density at radius 3 is 2.04 bits per heavy atom. The number of esters is 1. The molecule has 0 spiro atoms. The Labute approximate surface area is 161 Å². The summed E-state index contributed by atoms with van der Waals surface area (Å²) in [6.07, 6.45) is -0.949. The Hall–Kier alpha value is -4.41. The van der Waals surface area contributed by atoms with Crippen LogP contribution in [0.1, 0.15) is 27.6 Å². The lowest BCUT2D eigenvalue weighted by Gasteiger charge is -2.12. The van der Waals surface area contributed by atoms with Crippen molar-refractivity contribution in [3.63, 3.8) is 0 Å². The second kappa shape index (κ2) is 9.33. The summed E-state index contributed by atoms with van der Waals surface area (Å²) in [5, 5.41) is 29.3. The summed E-state index contributed by atoms with van der Waals surface area (Å²) in [4.78, 5) is 24.5. The highest BCUT2D eigenvalue weighted by atomic mass is 16.5. The average molecular weight is 370 g/mol. The zero-order valence-corrected chi connectivity index (χ0v) is 14.8. The number of ketones is 1. The van der Waals surface area contributed by atoms with E-state index in [4.69, 9.17) is 20.5 Å². The predicted molar refractivity (Wildman–Crippen MR) is 99.6 cm³/mol. The molecule has 0 aromatic heterocycles. The summed E-state index contributed by atoms with van der Waals surface area (Å²) in [7, 11) is 0. The maximum atomic E-state index is 12.3. The number of nitrogens with one attached hydrogen (secondary N) is 1. The number of nitriles is 3. The van der Waals surface area contributed by atoms with Crippen LogP contribution < -0.4 is 5.32 Å². The minimum absolute atomic E-state index is 0.192. The molecule has 1 atom stereocenters. The first kappa shape index (κ1) is 19.9. The van der Waals surface area contributed by atoms with Crippen molar-refractivity contribution in [1.29, 1.82) is 15.8 Å². The summed E-state index contributed by atoms with van der Waals surface area (Å²) in [6.45, 7) is 1.50. The molecule has 28 heavy (non-hydrogen) atoms. The molecule has 136 valence electrons. The number of ether oxygens (including phenoxy) is 1. The predicted octanol–water partition coefficient (Wildman–Crippen LogP) is 3.35. The third-order valence-corrected chi connectivity index (χ3v) is 3.69. The minimum atomic E-state index is -0.949. The van der Waals surface area contributed by atoms with Gasteiger partial charge in [-0.3, -0.25) is 4.79 Å². The van der Waals surface area contributed by atoms with Gasteiger partial charge >= 0.3 is 5.97 Å². The van der Waals surface area contributed by atoms with E-state index in [0.717, 1.165) is 0 Å². The molecule has 0 aliphatic heterocycles. The molecule has 0 bridgehead atoms. The largest absolute Gasteiger partial charge is 0.451 e. The maximum absolute atomic E-state index is 12.3. The summed E-state index contributed by atoms with van der Waals surface area (Å²) in [5.74, 6) is -0.981. The Bertz CT molecular complexity index is 1020. The molecule has 0 fully saturated rings. The van der Waals surface area contributed by atoms with Gasteiger partial charge in [0.05, 0.1) is 5.56 Å². The number of anilines is 1. The van der Waals surface area contributed by atoms with Gasteiger partial charge < -0.3 is 10.1 Å². The molecule has 2 aromatic rings. The van der Waals surface area contributed by atoms with Gasteiger partial charge in [-0.2, -0.15) is 15.8 Å². The second-order valence-corrected chi connectivity index (χ2v) is 5.57. The number of carbonyl (C=O) groups is 2. The molecule has 2 aromatic carbocycles. The first-order valence-electron chi connectivity index (χ1n) is 8.12. The quantitative estimate of drug-likeness (QED) is 0.469. The first-order valence-corrected chi connectivity index (χ1v) is 8.12. The Morgan fingerprint density at radius 1 is 0.893 bits per heavy atom. The Morgan fingerprint density at radius 2 is 1.50 bits per heavy atom. The van der Waals surface area contributed by atoms with Gasteiger partial charge in [-0.15, -0.1) is 0 Å². The number of hydrogen-bond acceptors (Lipinski definition) is 7. The normalized spacial score (nSPS) is 10.4. The van der Waals surface area contributed by atoms with Crippen LogP contribution in [0.15, 0.2) is 65.9 Å². The van der Waals surface area contributed by atoms with Crippen molar-refractivity contribution in [2.45, 2.75) is 13.0 Å². The zero-order valence-electron chi connectivity index (χ0n) is 14.8. The lowest BCUT2D eigenvalue weighted by Crippen LogP contribution is -2.24. The second-order valence-electron chi connectivity index (χ2n) is 5.57. The molecule has 0 aliphatic rings. The van der Waals surface area contributed by atoms with E-state index >= 15 is 0 Å². The smallest absolute Gasteiger partial charge is 0.338 e. The molecular formula is C21H14N4O3. The van der Waals surface area contributed by atoms with Crippen LogP contribution in [0.3, 0.4) is 0 Å². The molecule has 0 radical (unpaired) electrons. The van der Waals surface area contributed by atoms with Crippen molar-refractivity contribution in [3.8, 4) is 18.2 Å². The SMILES string of the molecule is CC(OC(=O)c1ccc(NC(C#N)=C(C#N)C#N)cc1)C(=O)c1ccccc1. The van der Waals surface area contributed by atoms with Gasteiger partial charge in [0.1, 0.15) is 23.9 Å². The molecule has 1 N–H and O–H groups in total. The van der Waals surface area contributed by atoms with Gasteiger partial charge in [0.15, 0.2) is 11.7 Å². The summed E-state index contributed by atoms with van der Waals surface area (Å²) < 4.78 is 5.21. The third-order valence-electron chi connectivity index (χ3n) is 3.69. The molecule has 0 saturated heterocycles. The number of rotatable bonds is 6. The van der Waals surface area contributed by atoms with Gasteiger partial charge in [-0.05, 0) is 31.2 Å². The van der Waals surface area contributed by atoms with Crippen molar-refractivity contribution in [2.24, 2.45) is 0 Å². The number of Topliss-reactive ketones (excluding diaryl/α,β-unsaturated/α-hetero) is 1. The molecule has 0 saturated carbocycles. The number of nitrogens with zero attached hydrogens (tertiary/aromatic N) is 3. The highest BCUT2D eigenvalue weighted by Crippen LogP contribution is 2.15. The maximum Gasteiger partial charge on any atom is 0.338 e. The molecule has 0 aliphatic carbocycles. The van der Waals surface area contributed by atoms with Crippen LogP contribution in [0.25, 0.3) is 0 Å². The average Bonchev–Trinajstić information content (AvgIpc) is 2.74. The van der Waals surface area contributed by atoms with E-state index < -0.39 is 12.1 Å². The standard InChI is InChI=1S/C21H14N4O3/c1-14(20(26)15-5-3-2-4-6-15)28-21(27)16-7-9-18(10-8-16)25-19(13-24)17(11-22)12-23/h2-10,14,25H,1H3. The minimum Gasteiger partial charge on any atom is -0.451 e. The van der Waals surface area contributed by atoms with E-state index in [2.05, 4.69) is 5.32 Å². The molecule has 7 nitrogen and oxygen atoms in total. The molecule has 1 unspecified atom stereocenters. The van der Waals surface area contributed by atoms with E-state index in [0.29, 0.717) is 11.3 Å². The van der Waals surface area contributed by atoms with Gasteiger partial charge in [-0.1, -0.05) is 30.3 Å². The van der Waals surface area contributed by atoms with Gasteiger partial charge in [0.2, 0.25) is 5.78 Å². The Kier molecular flexibility index (Phi) is 6.64. The lowest BCUT2D eigenvalue weighted by atomic mass is 10.1. The third kappa shape index (κ3) is 4.82. The van der Waals surface area contributed by atoms with Crippen molar-refractivity contribution < 1.29 is 14.3 Å². The summed E-state index contributed by atoms with van der Waals surface area (Å²) in [6, 6.07) is 19.4. The van der Waals surface area contributed by atoms with Crippen LogP contribution in [0.5, 0.6) is 0 Å². The van der Waals surface area contributed by atoms with Crippen molar-refractivity contribution in [3.05, 3.63) is 77.0 Å². The van der Waals surface area contributed by atoms with E-state index in [-0.39, 0.29) is 22.6 Å². The van der Waals surface area contributed by atoms with Crippen molar-refractivity contribution in [2.75, 3.05) is 5.32 Å². The highest BCUT2D eigenvalue weighted by Gasteiger charge is 2.20. The number of benzene rings is 2. The van der Waals surface area contributed by atoms with Gasteiger partial charge in [-0.25, -0.2) is 4.79 Å². The van der Waals surface area contributed by atoms with Gasteiger partial charge in [0, 0.05) is 11.3 Å². The monoisotopic (exact) mass is 370 g/mol. The molecule has 2 rings (SSSR count). The van der Waals surface area contributed by atoms with E-state index in [9.17, 15) is 9.59 Å². The highest BCUT2D eigenvalue weighted by molar-refractivity contribution is 6.01. The fraction of sp³-hybridized carbons (Fsp3) is 0.0952. The Balaban J connectivity index is 2.07. The number of hydrogen-bond donors (Lipinski definition) is 1. The fourth-order valence-electron chi connectivity index (χ4n) is 2.24. The molecular weight excluding hydrogens is 356 g/mol. The fourth-order valence-corrected chi connectivity index (χ4v) is 2.24. The van der Waals surface area contributed by atoms with Crippen LogP contribution in [-0.4, -0.2) is 17.9 Å². The summed E-state index contributed by atoms with van der Waals surface area (Å²) >= 11 is 0. The summed E-state index contributed by atoms with van der Waals surface area (Å²) in [5.41, 5.74) is 0.525. The molecule has 0 heterocycles. The first-order chi connectivity index (χ1) is 13.5.